The third-order valence-electron chi connectivity index (χ3n) is 4.46. The van der Waals surface area contributed by atoms with Gasteiger partial charge in [-0.15, -0.1) is 0 Å². The summed E-state index contributed by atoms with van der Waals surface area (Å²) in [6.45, 7) is 8.60. The minimum atomic E-state index is -1.08. The molecule has 0 fully saturated rings. The van der Waals surface area contributed by atoms with Crippen molar-refractivity contribution in [2.75, 3.05) is 11.9 Å². The zero-order chi connectivity index (χ0) is 23.1. The van der Waals surface area contributed by atoms with Gasteiger partial charge in [0.05, 0.1) is 16.5 Å². The molecule has 0 aliphatic rings. The molecule has 168 valence electrons. The van der Waals surface area contributed by atoms with Crippen LogP contribution in [0.25, 0.3) is 0 Å². The summed E-state index contributed by atoms with van der Waals surface area (Å²) >= 11 is 12.7. The van der Waals surface area contributed by atoms with Crippen LogP contribution in [0.4, 0.5) is 5.69 Å². The van der Waals surface area contributed by atoms with Crippen LogP contribution in [0.15, 0.2) is 36.4 Å². The number of rotatable bonds is 10. The highest BCUT2D eigenvalue weighted by Crippen LogP contribution is 2.37. The second-order valence-electron chi connectivity index (χ2n) is 8.09. The maximum Gasteiger partial charge on any atom is 0.326 e. The van der Waals surface area contributed by atoms with Crippen LogP contribution in [-0.2, 0) is 16.0 Å². The quantitative estimate of drug-likeness (QED) is 0.422. The van der Waals surface area contributed by atoms with E-state index in [2.05, 4.69) is 24.5 Å². The van der Waals surface area contributed by atoms with E-state index >= 15 is 0 Å². The van der Waals surface area contributed by atoms with Gasteiger partial charge < -0.3 is 20.5 Å². The van der Waals surface area contributed by atoms with Gasteiger partial charge in [0.25, 0.3) is 0 Å². The van der Waals surface area contributed by atoms with Crippen molar-refractivity contribution in [3.8, 4) is 11.5 Å². The fraction of sp³-hybridized carbons (Fsp3) is 0.391. The molecule has 3 N–H and O–H groups in total. The Morgan fingerprint density at radius 2 is 1.61 bits per heavy atom. The summed E-state index contributed by atoms with van der Waals surface area (Å²) in [5.41, 5.74) is 1.54. The molecule has 0 saturated carbocycles. The first-order valence-electron chi connectivity index (χ1n) is 10.1. The standard InChI is InChI=1S/C23H28Cl2N2O4/c1-13(2)12-26-16-5-7-17(8-6-16)31-22-18(24)9-15(10-19(22)25)11-20(28)27-21(14(3)4)23(29)30/h5-10,13-14,21,26H,11-12H2,1-4H3,(H,27,28)(H,29,30)/t21-/m0/s1. The van der Waals surface area contributed by atoms with Gasteiger partial charge in [-0.25, -0.2) is 4.79 Å². The van der Waals surface area contributed by atoms with E-state index in [1.54, 1.807) is 26.0 Å². The van der Waals surface area contributed by atoms with Gasteiger partial charge in [0.15, 0.2) is 5.75 Å². The zero-order valence-corrected chi connectivity index (χ0v) is 19.6. The Labute approximate surface area is 192 Å². The van der Waals surface area contributed by atoms with Gasteiger partial charge in [0.1, 0.15) is 11.8 Å². The number of aliphatic carboxylic acids is 1. The number of nitrogens with one attached hydrogen (secondary N) is 2. The number of anilines is 1. The predicted molar refractivity (Wildman–Crippen MR) is 124 cm³/mol. The molecule has 6 nitrogen and oxygen atoms in total. The van der Waals surface area contributed by atoms with Gasteiger partial charge in [-0.1, -0.05) is 50.9 Å². The summed E-state index contributed by atoms with van der Waals surface area (Å²) in [6.07, 6.45) is -0.0492. The predicted octanol–water partition coefficient (Wildman–Crippen LogP) is 5.62. The maximum absolute atomic E-state index is 12.3. The molecule has 2 aromatic carbocycles. The molecule has 0 unspecified atom stereocenters. The molecule has 0 aromatic heterocycles. The number of ether oxygens (including phenoxy) is 1. The number of hydrogen-bond acceptors (Lipinski definition) is 4. The van der Waals surface area contributed by atoms with E-state index < -0.39 is 17.9 Å². The first-order chi connectivity index (χ1) is 14.6. The lowest BCUT2D eigenvalue weighted by molar-refractivity contribution is -0.143. The maximum atomic E-state index is 12.3. The van der Waals surface area contributed by atoms with Gasteiger partial charge >= 0.3 is 5.97 Å². The fourth-order valence-corrected chi connectivity index (χ4v) is 3.43. The molecule has 0 spiro atoms. The van der Waals surface area contributed by atoms with E-state index in [-0.39, 0.29) is 22.4 Å². The summed E-state index contributed by atoms with van der Waals surface area (Å²) in [4.78, 5) is 23.5. The van der Waals surface area contributed by atoms with Crippen LogP contribution in [0.2, 0.25) is 10.0 Å². The Bertz CT molecular complexity index is 891. The summed E-state index contributed by atoms with van der Waals surface area (Å²) in [5.74, 6) is -0.336. The topological polar surface area (TPSA) is 87.7 Å². The first-order valence-corrected chi connectivity index (χ1v) is 10.8. The van der Waals surface area contributed by atoms with Crippen molar-refractivity contribution < 1.29 is 19.4 Å². The minimum Gasteiger partial charge on any atom is -0.480 e. The van der Waals surface area contributed by atoms with Crippen LogP contribution < -0.4 is 15.4 Å². The largest absolute Gasteiger partial charge is 0.480 e. The second kappa shape index (κ2) is 11.3. The second-order valence-corrected chi connectivity index (χ2v) is 8.91. The molecule has 0 saturated heterocycles. The molecule has 1 atom stereocenters. The highest BCUT2D eigenvalue weighted by Gasteiger charge is 2.23. The lowest BCUT2D eigenvalue weighted by Gasteiger charge is -2.18. The molecule has 0 aliphatic heterocycles. The van der Waals surface area contributed by atoms with Gasteiger partial charge in [-0.05, 0) is 53.8 Å². The average Bonchev–Trinajstić information content (AvgIpc) is 2.67. The van der Waals surface area contributed by atoms with Gasteiger partial charge in [0, 0.05) is 12.2 Å². The van der Waals surface area contributed by atoms with Crippen LogP contribution in [0.5, 0.6) is 11.5 Å². The number of amides is 1. The van der Waals surface area contributed by atoms with Gasteiger partial charge in [0.2, 0.25) is 5.91 Å². The summed E-state index contributed by atoms with van der Waals surface area (Å²) in [5, 5.41) is 15.6. The van der Waals surface area contributed by atoms with E-state index in [1.165, 1.54) is 0 Å². The number of hydrogen-bond donors (Lipinski definition) is 3. The van der Waals surface area contributed by atoms with Crippen molar-refractivity contribution in [3.63, 3.8) is 0 Å². The zero-order valence-electron chi connectivity index (χ0n) is 18.0. The third kappa shape index (κ3) is 7.64. The highest BCUT2D eigenvalue weighted by molar-refractivity contribution is 6.37. The van der Waals surface area contributed by atoms with Crippen molar-refractivity contribution in [1.29, 1.82) is 0 Å². The third-order valence-corrected chi connectivity index (χ3v) is 5.02. The number of carboxylic acids is 1. The Hall–Kier alpha value is -2.44. The Morgan fingerprint density at radius 3 is 2.10 bits per heavy atom. The molecular formula is C23H28Cl2N2O4. The lowest BCUT2D eigenvalue weighted by atomic mass is 10.0. The van der Waals surface area contributed by atoms with E-state index in [4.69, 9.17) is 27.9 Å². The molecule has 0 aliphatic carbocycles. The molecular weight excluding hydrogens is 439 g/mol. The summed E-state index contributed by atoms with van der Waals surface area (Å²) < 4.78 is 5.84. The number of benzene rings is 2. The number of carbonyl (C=O) groups excluding carboxylic acids is 1. The molecule has 8 heteroatoms. The van der Waals surface area contributed by atoms with Crippen molar-refractivity contribution in [2.24, 2.45) is 11.8 Å². The van der Waals surface area contributed by atoms with Crippen LogP contribution in [0.1, 0.15) is 33.3 Å². The van der Waals surface area contributed by atoms with E-state index in [1.807, 2.05) is 24.3 Å². The average molecular weight is 467 g/mol. The minimum absolute atomic E-state index is 0.0492. The molecule has 0 bridgehead atoms. The van der Waals surface area contributed by atoms with Crippen molar-refractivity contribution in [3.05, 3.63) is 52.0 Å². The normalized spacial score (nSPS) is 12.0. The van der Waals surface area contributed by atoms with Crippen molar-refractivity contribution in [1.82, 2.24) is 5.32 Å². The Balaban J connectivity index is 2.06. The summed E-state index contributed by atoms with van der Waals surface area (Å²) in [7, 11) is 0. The van der Waals surface area contributed by atoms with Crippen LogP contribution in [0, 0.1) is 11.8 Å². The van der Waals surface area contributed by atoms with Gasteiger partial charge in [-0.2, -0.15) is 0 Å². The number of carbonyl (C=O) groups is 2. The lowest BCUT2D eigenvalue weighted by Crippen LogP contribution is -2.44. The van der Waals surface area contributed by atoms with Gasteiger partial charge in [-0.3, -0.25) is 4.79 Å². The monoisotopic (exact) mass is 466 g/mol. The van der Waals surface area contributed by atoms with E-state index in [0.29, 0.717) is 23.0 Å². The molecule has 2 rings (SSSR count). The van der Waals surface area contributed by atoms with Crippen molar-refractivity contribution >= 4 is 40.8 Å². The molecule has 31 heavy (non-hydrogen) atoms. The highest BCUT2D eigenvalue weighted by atomic mass is 35.5. The first kappa shape index (κ1) is 24.8. The Morgan fingerprint density at radius 1 is 1.03 bits per heavy atom. The van der Waals surface area contributed by atoms with Crippen LogP contribution in [0.3, 0.4) is 0 Å². The molecule has 0 radical (unpaired) electrons. The fourth-order valence-electron chi connectivity index (χ4n) is 2.82. The van der Waals surface area contributed by atoms with Crippen LogP contribution >= 0.6 is 23.2 Å². The number of halogens is 2. The number of carboxylic acid groups (broad SMARTS) is 1. The Kier molecular flexibility index (Phi) is 9.01. The van der Waals surface area contributed by atoms with E-state index in [0.717, 1.165) is 12.2 Å². The van der Waals surface area contributed by atoms with Crippen LogP contribution in [-0.4, -0.2) is 29.6 Å². The molecule has 1 amide bonds. The summed E-state index contributed by atoms with van der Waals surface area (Å²) in [6, 6.07) is 9.66. The van der Waals surface area contributed by atoms with E-state index in [9.17, 15) is 14.7 Å². The smallest absolute Gasteiger partial charge is 0.326 e. The van der Waals surface area contributed by atoms with Crippen molar-refractivity contribution in [2.45, 2.75) is 40.2 Å². The SMILES string of the molecule is CC(C)CNc1ccc(Oc2c(Cl)cc(CC(=O)N[C@H](C(=O)O)C(C)C)cc2Cl)cc1. The molecule has 0 heterocycles. The molecule has 2 aromatic rings.